The Balaban J connectivity index is 0.883. The Morgan fingerprint density at radius 2 is 1.00 bits per heavy atom. The summed E-state index contributed by atoms with van der Waals surface area (Å²) in [6.07, 6.45) is 6.85. The maximum Gasteiger partial charge on any atom is 0.261 e. The van der Waals surface area contributed by atoms with Gasteiger partial charge in [-0.2, -0.15) is 0 Å². The van der Waals surface area contributed by atoms with Gasteiger partial charge in [-0.05, 0) is 104 Å². The molecule has 1 spiro atoms. The van der Waals surface area contributed by atoms with Gasteiger partial charge in [-0.1, -0.05) is 224 Å². The molecule has 0 bridgehead atoms. The largest absolute Gasteiger partial charge is 0.464 e. The fourth-order valence-corrected chi connectivity index (χ4v) is 23.6. The summed E-state index contributed by atoms with van der Waals surface area (Å²) in [4.78, 5) is 34.2. The van der Waals surface area contributed by atoms with Crippen LogP contribution in [-0.2, 0) is 47.5 Å². The van der Waals surface area contributed by atoms with Gasteiger partial charge in [0.25, 0.3) is 16.6 Å². The number of nitrogens with zero attached hydrogens (tertiary/aromatic N) is 2. The highest BCUT2D eigenvalue weighted by atomic mass is 28.4. The predicted molar refractivity (Wildman–Crippen MR) is 338 cm³/mol. The standard InChI is InChI=1S/C72H88N2O7Si2/c1-70(2,3)82(60-35-17-9-18-36-60,61-37-19-10-20-38-61)79-48-28-26-43-66(75)73-46-45-65-64-50-59(34-29-49-80-83(71(4,5)6,62-39-21-11-22-40-62)63-41-23-12-24-42-63)81-68(64)69-72(65,55-73)51-58(54-78-53-57-32-15-8-16-33-57)74(69)67(76)44-25-27-47-77-52-56-30-13-7-14-31-56/h7-24,30-33,35-42,50,58,65,69H,25-29,34,43-49,51-55H2,1-6H3/t58-,65+,69+,72+/m0/s1. The Kier molecular flexibility index (Phi) is 19.4. The molecule has 0 N–H and O–H groups in total. The fourth-order valence-electron chi connectivity index (χ4n) is 14.4. The van der Waals surface area contributed by atoms with Crippen molar-refractivity contribution in [3.8, 4) is 0 Å². The van der Waals surface area contributed by atoms with Crippen molar-refractivity contribution in [1.82, 2.24) is 9.80 Å². The molecule has 1 aromatic heterocycles. The number of fused-ring (bicyclic) bond motifs is 3. The second kappa shape index (κ2) is 26.8. The first-order valence-electron chi connectivity index (χ1n) is 30.7. The highest BCUT2D eigenvalue weighted by Gasteiger charge is 2.66. The Hall–Kier alpha value is -6.19. The smallest absolute Gasteiger partial charge is 0.261 e. The average molecular weight is 1150 g/mol. The second-order valence-electron chi connectivity index (χ2n) is 25.6. The van der Waals surface area contributed by atoms with Crippen LogP contribution in [0.2, 0.25) is 10.1 Å². The van der Waals surface area contributed by atoms with Gasteiger partial charge in [0.15, 0.2) is 0 Å². The molecule has 2 fully saturated rings. The minimum absolute atomic E-state index is 0.107. The lowest BCUT2D eigenvalue weighted by Gasteiger charge is -2.45. The maximum absolute atomic E-state index is 15.2. The molecule has 0 radical (unpaired) electrons. The number of piperidine rings is 1. The number of rotatable bonds is 26. The van der Waals surface area contributed by atoms with Crippen molar-refractivity contribution in [2.24, 2.45) is 5.41 Å². The average Bonchev–Trinajstić information content (AvgIpc) is 2.58. The quantitative estimate of drug-likeness (QED) is 0.0394. The van der Waals surface area contributed by atoms with Crippen molar-refractivity contribution >= 4 is 49.2 Å². The Morgan fingerprint density at radius 3 is 1.49 bits per heavy atom. The summed E-state index contributed by atoms with van der Waals surface area (Å²) >= 11 is 0. The summed E-state index contributed by atoms with van der Waals surface area (Å²) in [5.74, 6) is 2.23. The molecule has 0 saturated carbocycles. The zero-order chi connectivity index (χ0) is 57.9. The summed E-state index contributed by atoms with van der Waals surface area (Å²) in [6, 6.07) is 65.5. The molecular weight excluding hydrogens is 1060 g/mol. The Bertz CT molecular complexity index is 3070. The van der Waals surface area contributed by atoms with Gasteiger partial charge in [0.1, 0.15) is 11.5 Å². The molecule has 6 aromatic carbocycles. The van der Waals surface area contributed by atoms with Crippen LogP contribution >= 0.6 is 0 Å². The molecule has 2 aliphatic heterocycles. The zero-order valence-corrected chi connectivity index (χ0v) is 52.1. The van der Waals surface area contributed by atoms with Crippen LogP contribution in [-0.4, -0.2) is 83.8 Å². The monoisotopic (exact) mass is 1150 g/mol. The Morgan fingerprint density at radius 1 is 0.554 bits per heavy atom. The lowest BCUT2D eigenvalue weighted by molar-refractivity contribution is -0.139. The van der Waals surface area contributed by atoms with Gasteiger partial charge in [-0.3, -0.25) is 9.59 Å². The molecule has 3 aliphatic rings. The van der Waals surface area contributed by atoms with Crippen LogP contribution in [0.5, 0.6) is 0 Å². The first-order chi connectivity index (χ1) is 40.2. The topological polar surface area (TPSA) is 90.7 Å². The molecule has 436 valence electrons. The number of carbonyl (C=O) groups excluding carboxylic acids is 2. The molecule has 9 nitrogen and oxygen atoms in total. The van der Waals surface area contributed by atoms with Gasteiger partial charge in [0, 0.05) is 57.6 Å². The van der Waals surface area contributed by atoms with E-state index in [1.807, 2.05) is 36.4 Å². The van der Waals surface area contributed by atoms with E-state index < -0.39 is 22.0 Å². The van der Waals surface area contributed by atoms with E-state index in [1.54, 1.807) is 0 Å². The SMILES string of the molecule is CC(C)(C)[Si](OCCCCC(=O)N1CC[C@@H]2c3cc(CCCO[Si](c4ccccc4)(c4ccccc4)C(C)(C)C)oc3[C@H]3N(C(=O)CCCCOCc4ccccc4)[C@H](COCc4ccccc4)C[C@@]23C1)(c1ccccc1)c1ccccc1. The van der Waals surface area contributed by atoms with E-state index in [9.17, 15) is 4.79 Å². The van der Waals surface area contributed by atoms with E-state index in [2.05, 4.69) is 203 Å². The number of aryl methyl sites for hydroxylation is 1. The minimum Gasteiger partial charge on any atom is -0.464 e. The van der Waals surface area contributed by atoms with Crippen LogP contribution < -0.4 is 20.7 Å². The molecule has 4 atom stereocenters. The molecule has 1 aliphatic carbocycles. The number of carbonyl (C=O) groups is 2. The maximum atomic E-state index is 15.2. The van der Waals surface area contributed by atoms with Crippen molar-refractivity contribution in [2.45, 2.75) is 147 Å². The normalized spacial score (nSPS) is 18.9. The highest BCUT2D eigenvalue weighted by Crippen LogP contribution is 2.67. The second-order valence-corrected chi connectivity index (χ2v) is 34.2. The number of ether oxygens (including phenoxy) is 2. The minimum atomic E-state index is -2.73. The number of likely N-dealkylation sites (tertiary alicyclic amines) is 2. The molecule has 10 rings (SSSR count). The number of unbranched alkanes of at least 4 members (excludes halogenated alkanes) is 2. The lowest BCUT2D eigenvalue weighted by Crippen LogP contribution is -2.66. The van der Waals surface area contributed by atoms with Crippen LogP contribution in [0.25, 0.3) is 0 Å². The van der Waals surface area contributed by atoms with E-state index in [0.29, 0.717) is 78.4 Å². The van der Waals surface area contributed by atoms with Gasteiger partial charge in [-0.25, -0.2) is 0 Å². The van der Waals surface area contributed by atoms with E-state index in [1.165, 1.54) is 26.3 Å². The summed E-state index contributed by atoms with van der Waals surface area (Å²) < 4.78 is 34.5. The molecule has 11 heteroatoms. The van der Waals surface area contributed by atoms with Crippen LogP contribution in [0.1, 0.15) is 140 Å². The van der Waals surface area contributed by atoms with E-state index >= 15 is 4.79 Å². The third-order valence-electron chi connectivity index (χ3n) is 18.1. The van der Waals surface area contributed by atoms with Gasteiger partial charge in [0.05, 0.1) is 31.9 Å². The summed E-state index contributed by atoms with van der Waals surface area (Å²) in [5.41, 5.74) is 3.02. The number of amides is 2. The van der Waals surface area contributed by atoms with Crippen molar-refractivity contribution < 1.29 is 32.3 Å². The molecule has 7 aromatic rings. The van der Waals surface area contributed by atoms with Gasteiger partial charge < -0.3 is 32.5 Å². The molecule has 2 amide bonds. The summed E-state index contributed by atoms with van der Waals surface area (Å²) in [6.45, 7) is 18.3. The summed E-state index contributed by atoms with van der Waals surface area (Å²) in [7, 11) is -5.43. The number of hydrogen-bond donors (Lipinski definition) is 0. The van der Waals surface area contributed by atoms with E-state index in [-0.39, 0.29) is 39.9 Å². The van der Waals surface area contributed by atoms with Gasteiger partial charge >= 0.3 is 0 Å². The zero-order valence-electron chi connectivity index (χ0n) is 50.1. The molecular formula is C72H88N2O7Si2. The van der Waals surface area contributed by atoms with Crippen LogP contribution in [0, 0.1) is 5.41 Å². The van der Waals surface area contributed by atoms with Crippen LogP contribution in [0.4, 0.5) is 0 Å². The summed E-state index contributed by atoms with van der Waals surface area (Å²) in [5, 5.41) is 4.80. The third kappa shape index (κ3) is 12.9. The van der Waals surface area contributed by atoms with Gasteiger partial charge in [0.2, 0.25) is 11.8 Å². The van der Waals surface area contributed by atoms with Crippen molar-refractivity contribution in [3.05, 3.63) is 216 Å². The first-order valence-corrected chi connectivity index (χ1v) is 34.5. The van der Waals surface area contributed by atoms with Crippen molar-refractivity contribution in [3.63, 3.8) is 0 Å². The molecule has 0 unspecified atom stereocenters. The van der Waals surface area contributed by atoms with Crippen LogP contribution in [0.3, 0.4) is 0 Å². The molecule has 3 heterocycles. The van der Waals surface area contributed by atoms with Crippen molar-refractivity contribution in [2.75, 3.05) is 39.5 Å². The van der Waals surface area contributed by atoms with Gasteiger partial charge in [-0.15, -0.1) is 0 Å². The third-order valence-corrected chi connectivity index (χ3v) is 28.2. The van der Waals surface area contributed by atoms with Crippen LogP contribution in [0.15, 0.2) is 192 Å². The van der Waals surface area contributed by atoms with E-state index in [0.717, 1.165) is 61.2 Å². The number of hydrogen-bond acceptors (Lipinski definition) is 7. The Labute approximate surface area is 497 Å². The number of benzene rings is 6. The fraction of sp³-hybridized carbons (Fsp3) is 0.417. The van der Waals surface area contributed by atoms with Crippen molar-refractivity contribution in [1.29, 1.82) is 0 Å². The molecule has 2 saturated heterocycles. The first kappa shape index (κ1) is 60.0. The lowest BCUT2D eigenvalue weighted by atomic mass is 9.68. The van der Waals surface area contributed by atoms with E-state index in [4.69, 9.17) is 22.7 Å². The number of furan rings is 1. The molecule has 83 heavy (non-hydrogen) atoms. The predicted octanol–water partition coefficient (Wildman–Crippen LogP) is 13.1. The highest BCUT2D eigenvalue weighted by molar-refractivity contribution is 7.00.